The first-order valence-corrected chi connectivity index (χ1v) is 5.85. The summed E-state index contributed by atoms with van der Waals surface area (Å²) in [6.07, 6.45) is 6.63. The molecule has 4 nitrogen and oxygen atoms in total. The fourth-order valence-corrected chi connectivity index (χ4v) is 1.79. The van der Waals surface area contributed by atoms with E-state index in [1.807, 2.05) is 0 Å². The highest BCUT2D eigenvalue weighted by atomic mass is 35.5. The van der Waals surface area contributed by atoms with Crippen LogP contribution in [0.4, 0.5) is 0 Å². The van der Waals surface area contributed by atoms with Crippen LogP contribution in [0.15, 0.2) is 0 Å². The van der Waals surface area contributed by atoms with Gasteiger partial charge in [0.15, 0.2) is 0 Å². The molecule has 1 rings (SSSR count). The smallest absolute Gasteiger partial charge is 0.236 e. The number of ether oxygens (including phenoxy) is 1. The minimum atomic E-state index is -0.431. The molecule has 1 aliphatic rings. The van der Waals surface area contributed by atoms with Crippen LogP contribution in [0.25, 0.3) is 0 Å². The van der Waals surface area contributed by atoms with Crippen molar-refractivity contribution in [1.29, 1.82) is 0 Å². The van der Waals surface area contributed by atoms with Crippen molar-refractivity contribution in [1.82, 2.24) is 5.32 Å². The van der Waals surface area contributed by atoms with Gasteiger partial charge >= 0.3 is 0 Å². The van der Waals surface area contributed by atoms with Gasteiger partial charge in [0, 0.05) is 6.54 Å². The van der Waals surface area contributed by atoms with Crippen molar-refractivity contribution in [3.8, 4) is 0 Å². The zero-order chi connectivity index (χ0) is 11.1. The molecule has 0 aromatic carbocycles. The Balaban J connectivity index is 0.00000225. The van der Waals surface area contributed by atoms with Crippen molar-refractivity contribution in [2.45, 2.75) is 51.2 Å². The molecule has 1 atom stereocenters. The molecule has 1 fully saturated rings. The van der Waals surface area contributed by atoms with E-state index in [1.54, 1.807) is 6.92 Å². The maximum absolute atomic E-state index is 11.1. The van der Waals surface area contributed by atoms with Crippen LogP contribution in [0.1, 0.15) is 39.0 Å². The summed E-state index contributed by atoms with van der Waals surface area (Å²) in [5, 5.41) is 2.73. The Morgan fingerprint density at radius 3 is 2.62 bits per heavy atom. The van der Waals surface area contributed by atoms with E-state index in [9.17, 15) is 4.79 Å². The zero-order valence-electron chi connectivity index (χ0n) is 9.91. The largest absolute Gasteiger partial charge is 0.376 e. The minimum Gasteiger partial charge on any atom is -0.376 e. The van der Waals surface area contributed by atoms with E-state index in [0.29, 0.717) is 19.3 Å². The van der Waals surface area contributed by atoms with E-state index in [4.69, 9.17) is 10.5 Å². The topological polar surface area (TPSA) is 64.4 Å². The second-order valence-corrected chi connectivity index (χ2v) is 4.21. The molecule has 0 saturated heterocycles. The fraction of sp³-hybridized carbons (Fsp3) is 0.909. The molecule has 0 aliphatic heterocycles. The average Bonchev–Trinajstić information content (AvgIpc) is 2.25. The molecule has 0 aromatic heterocycles. The lowest BCUT2D eigenvalue weighted by molar-refractivity contribution is -0.122. The highest BCUT2D eigenvalue weighted by molar-refractivity contribution is 5.85. The van der Waals surface area contributed by atoms with Gasteiger partial charge in [-0.2, -0.15) is 0 Å². The lowest BCUT2D eigenvalue weighted by Crippen LogP contribution is -2.40. The Morgan fingerprint density at radius 2 is 2.06 bits per heavy atom. The van der Waals surface area contributed by atoms with Crippen molar-refractivity contribution in [2.24, 2.45) is 5.73 Å². The minimum absolute atomic E-state index is 0. The standard InChI is InChI=1S/C11H22N2O2.ClH/c1-9(12)11(14)13-7-8-15-10-5-3-2-4-6-10;/h9-10H,2-8,12H2,1H3,(H,13,14);1H. The van der Waals surface area contributed by atoms with Crippen LogP contribution in [0.2, 0.25) is 0 Å². The van der Waals surface area contributed by atoms with Crippen LogP contribution in [0.5, 0.6) is 0 Å². The highest BCUT2D eigenvalue weighted by Gasteiger charge is 2.13. The van der Waals surface area contributed by atoms with E-state index >= 15 is 0 Å². The molecule has 16 heavy (non-hydrogen) atoms. The molecule has 1 saturated carbocycles. The average molecular weight is 251 g/mol. The Morgan fingerprint density at radius 1 is 1.44 bits per heavy atom. The number of hydrogen-bond acceptors (Lipinski definition) is 3. The highest BCUT2D eigenvalue weighted by Crippen LogP contribution is 2.19. The second-order valence-electron chi connectivity index (χ2n) is 4.21. The number of nitrogens with two attached hydrogens (primary N) is 1. The molecular formula is C11H23ClN2O2. The maximum atomic E-state index is 11.1. The third kappa shape index (κ3) is 6.30. The van der Waals surface area contributed by atoms with Gasteiger partial charge in [-0.15, -0.1) is 12.4 Å². The van der Waals surface area contributed by atoms with Crippen molar-refractivity contribution in [2.75, 3.05) is 13.2 Å². The van der Waals surface area contributed by atoms with E-state index in [2.05, 4.69) is 5.32 Å². The number of carbonyl (C=O) groups excluding carboxylic acids is 1. The summed E-state index contributed by atoms with van der Waals surface area (Å²) >= 11 is 0. The number of halogens is 1. The zero-order valence-corrected chi connectivity index (χ0v) is 10.7. The van der Waals surface area contributed by atoms with Crippen molar-refractivity contribution in [3.63, 3.8) is 0 Å². The van der Waals surface area contributed by atoms with Gasteiger partial charge in [0.25, 0.3) is 0 Å². The first-order chi connectivity index (χ1) is 7.20. The quantitative estimate of drug-likeness (QED) is 0.722. The summed E-state index contributed by atoms with van der Waals surface area (Å²) in [7, 11) is 0. The third-order valence-electron chi connectivity index (χ3n) is 2.72. The Kier molecular flexibility index (Phi) is 8.61. The maximum Gasteiger partial charge on any atom is 0.236 e. The number of rotatable bonds is 5. The summed E-state index contributed by atoms with van der Waals surface area (Å²) in [4.78, 5) is 11.1. The van der Waals surface area contributed by atoms with Crippen LogP contribution in [-0.2, 0) is 9.53 Å². The lowest BCUT2D eigenvalue weighted by atomic mass is 9.98. The summed E-state index contributed by atoms with van der Waals surface area (Å²) < 4.78 is 5.66. The summed E-state index contributed by atoms with van der Waals surface area (Å²) in [6, 6.07) is -0.431. The van der Waals surface area contributed by atoms with E-state index in [1.165, 1.54) is 32.1 Å². The Hall–Kier alpha value is -0.320. The number of amides is 1. The van der Waals surface area contributed by atoms with Crippen LogP contribution < -0.4 is 11.1 Å². The van der Waals surface area contributed by atoms with Gasteiger partial charge < -0.3 is 15.8 Å². The molecule has 0 heterocycles. The molecule has 96 valence electrons. The van der Waals surface area contributed by atoms with E-state index in [-0.39, 0.29) is 18.3 Å². The van der Waals surface area contributed by atoms with Gasteiger partial charge in [0.1, 0.15) is 0 Å². The number of nitrogens with one attached hydrogen (secondary N) is 1. The predicted molar refractivity (Wildman–Crippen MR) is 66.7 cm³/mol. The summed E-state index contributed by atoms with van der Waals surface area (Å²) in [6.45, 7) is 2.84. The van der Waals surface area contributed by atoms with Gasteiger partial charge in [-0.1, -0.05) is 19.3 Å². The molecule has 3 N–H and O–H groups in total. The molecule has 1 amide bonds. The molecule has 0 aromatic rings. The van der Waals surface area contributed by atoms with Gasteiger partial charge in [0.2, 0.25) is 5.91 Å². The number of hydrogen-bond donors (Lipinski definition) is 2. The molecular weight excluding hydrogens is 228 g/mol. The van der Waals surface area contributed by atoms with Crippen molar-refractivity contribution >= 4 is 18.3 Å². The normalized spacial score (nSPS) is 18.6. The SMILES string of the molecule is CC(N)C(=O)NCCOC1CCCCC1.Cl. The fourth-order valence-electron chi connectivity index (χ4n) is 1.79. The van der Waals surface area contributed by atoms with E-state index < -0.39 is 6.04 Å². The van der Waals surface area contributed by atoms with E-state index in [0.717, 1.165) is 0 Å². The molecule has 1 aliphatic carbocycles. The van der Waals surface area contributed by atoms with Gasteiger partial charge in [-0.05, 0) is 19.8 Å². The Labute approximate surface area is 104 Å². The predicted octanol–water partition coefficient (Wildman–Crippen LogP) is 1.22. The summed E-state index contributed by atoms with van der Waals surface area (Å²) in [5.41, 5.74) is 5.41. The molecule has 0 radical (unpaired) electrons. The third-order valence-corrected chi connectivity index (χ3v) is 2.72. The van der Waals surface area contributed by atoms with Crippen molar-refractivity contribution < 1.29 is 9.53 Å². The molecule has 0 bridgehead atoms. The van der Waals surface area contributed by atoms with Crippen molar-refractivity contribution in [3.05, 3.63) is 0 Å². The van der Waals surface area contributed by atoms with Crippen LogP contribution in [0.3, 0.4) is 0 Å². The van der Waals surface area contributed by atoms with Crippen LogP contribution >= 0.6 is 12.4 Å². The first kappa shape index (κ1) is 15.7. The first-order valence-electron chi connectivity index (χ1n) is 5.85. The molecule has 1 unspecified atom stereocenters. The second kappa shape index (κ2) is 8.79. The van der Waals surface area contributed by atoms with Gasteiger partial charge in [0.05, 0.1) is 18.8 Å². The van der Waals surface area contributed by atoms with Gasteiger partial charge in [-0.3, -0.25) is 4.79 Å². The van der Waals surface area contributed by atoms with Gasteiger partial charge in [-0.25, -0.2) is 0 Å². The Bertz CT molecular complexity index is 194. The lowest BCUT2D eigenvalue weighted by Gasteiger charge is -2.22. The molecule has 5 heteroatoms. The number of carbonyl (C=O) groups is 1. The monoisotopic (exact) mass is 250 g/mol. The van der Waals surface area contributed by atoms with Crippen LogP contribution in [-0.4, -0.2) is 31.2 Å². The molecule has 0 spiro atoms. The summed E-state index contributed by atoms with van der Waals surface area (Å²) in [5.74, 6) is -0.109. The van der Waals surface area contributed by atoms with Crippen LogP contribution in [0, 0.1) is 0 Å².